The molecule has 0 radical (unpaired) electrons. The molecule has 3 rings (SSSR count). The van der Waals surface area contributed by atoms with Crippen LogP contribution in [0.5, 0.6) is 0 Å². The summed E-state index contributed by atoms with van der Waals surface area (Å²) < 4.78 is 0. The maximum absolute atomic E-state index is 12.2. The minimum absolute atomic E-state index is 0.00340. The van der Waals surface area contributed by atoms with Crippen molar-refractivity contribution in [1.82, 2.24) is 10.6 Å². The SMILES string of the molecule is O=C(NC1C2CNCC21)c1cc([N+](=O)[O-])cc(Cl)c1Cl. The van der Waals surface area contributed by atoms with Gasteiger partial charge in [-0.25, -0.2) is 0 Å². The first-order valence-corrected chi connectivity index (χ1v) is 6.89. The molecule has 1 aromatic rings. The Balaban J connectivity index is 1.82. The zero-order chi connectivity index (χ0) is 14.4. The van der Waals surface area contributed by atoms with E-state index in [0.29, 0.717) is 11.8 Å². The van der Waals surface area contributed by atoms with Crippen LogP contribution in [0.25, 0.3) is 0 Å². The fourth-order valence-electron chi connectivity index (χ4n) is 2.71. The van der Waals surface area contributed by atoms with Gasteiger partial charge in [-0.15, -0.1) is 0 Å². The van der Waals surface area contributed by atoms with Crippen molar-refractivity contribution >= 4 is 34.8 Å². The number of amides is 1. The number of carbonyl (C=O) groups excluding carboxylic acids is 1. The van der Waals surface area contributed by atoms with Crippen LogP contribution in [-0.2, 0) is 0 Å². The predicted molar refractivity (Wildman–Crippen MR) is 74.2 cm³/mol. The van der Waals surface area contributed by atoms with Gasteiger partial charge in [0.2, 0.25) is 0 Å². The number of non-ortho nitro benzene ring substituents is 1. The number of piperidine rings is 1. The largest absolute Gasteiger partial charge is 0.349 e. The number of nitrogens with zero attached hydrogens (tertiary/aromatic N) is 1. The van der Waals surface area contributed by atoms with Gasteiger partial charge in [-0.3, -0.25) is 14.9 Å². The van der Waals surface area contributed by atoms with Gasteiger partial charge in [0.15, 0.2) is 0 Å². The number of halogens is 2. The Kier molecular flexibility index (Phi) is 3.32. The van der Waals surface area contributed by atoms with Gasteiger partial charge < -0.3 is 10.6 Å². The number of fused-ring (bicyclic) bond motifs is 1. The van der Waals surface area contributed by atoms with Crippen molar-refractivity contribution in [2.24, 2.45) is 11.8 Å². The number of nitro groups is 1. The van der Waals surface area contributed by atoms with Crippen molar-refractivity contribution in [3.63, 3.8) is 0 Å². The first kappa shape index (κ1) is 13.6. The number of hydrogen-bond acceptors (Lipinski definition) is 4. The summed E-state index contributed by atoms with van der Waals surface area (Å²) >= 11 is 11.8. The highest BCUT2D eigenvalue weighted by Crippen LogP contribution is 2.42. The maximum Gasteiger partial charge on any atom is 0.271 e. The van der Waals surface area contributed by atoms with Gasteiger partial charge in [0.25, 0.3) is 11.6 Å². The third-order valence-corrected chi connectivity index (χ3v) is 4.66. The molecule has 2 fully saturated rings. The quantitative estimate of drug-likeness (QED) is 0.658. The standard InChI is InChI=1S/C12H11Cl2N3O3/c13-9-2-5(17(19)20)1-6(10(9)14)12(18)16-11-7-3-15-4-8(7)11/h1-2,7-8,11,15H,3-4H2,(H,16,18). The second kappa shape index (κ2) is 4.87. The Morgan fingerprint density at radius 3 is 2.60 bits per heavy atom. The van der Waals surface area contributed by atoms with E-state index in [0.717, 1.165) is 25.2 Å². The molecule has 8 heteroatoms. The lowest BCUT2D eigenvalue weighted by molar-refractivity contribution is -0.384. The topological polar surface area (TPSA) is 84.3 Å². The third kappa shape index (κ3) is 2.24. The molecule has 1 aromatic carbocycles. The number of nitro benzene ring substituents is 1. The molecule has 1 aliphatic carbocycles. The van der Waals surface area contributed by atoms with E-state index in [-0.39, 0.29) is 27.3 Å². The molecule has 1 saturated carbocycles. The Morgan fingerprint density at radius 1 is 1.35 bits per heavy atom. The molecule has 0 spiro atoms. The zero-order valence-electron chi connectivity index (χ0n) is 10.2. The van der Waals surface area contributed by atoms with Gasteiger partial charge >= 0.3 is 0 Å². The van der Waals surface area contributed by atoms with Crippen molar-refractivity contribution in [3.05, 3.63) is 37.9 Å². The summed E-state index contributed by atoms with van der Waals surface area (Å²) in [5.41, 5.74) is -0.203. The van der Waals surface area contributed by atoms with Gasteiger partial charge in [-0.05, 0) is 11.8 Å². The van der Waals surface area contributed by atoms with Crippen molar-refractivity contribution < 1.29 is 9.72 Å². The summed E-state index contributed by atoms with van der Waals surface area (Å²) in [5.74, 6) is 0.485. The van der Waals surface area contributed by atoms with Crippen LogP contribution in [0.1, 0.15) is 10.4 Å². The minimum Gasteiger partial charge on any atom is -0.349 e. The van der Waals surface area contributed by atoms with Crippen LogP contribution < -0.4 is 10.6 Å². The lowest BCUT2D eigenvalue weighted by atomic mass is 10.2. The molecule has 1 saturated heterocycles. The normalized spacial score (nSPS) is 27.0. The molecule has 0 aromatic heterocycles. The van der Waals surface area contributed by atoms with Crippen LogP contribution in [0.15, 0.2) is 12.1 Å². The second-order valence-electron chi connectivity index (χ2n) is 5.03. The molecule has 6 nitrogen and oxygen atoms in total. The summed E-state index contributed by atoms with van der Waals surface area (Å²) in [6.07, 6.45) is 0. The molecule has 1 amide bonds. The van der Waals surface area contributed by atoms with Gasteiger partial charge in [0, 0.05) is 31.3 Å². The second-order valence-corrected chi connectivity index (χ2v) is 5.82. The van der Waals surface area contributed by atoms with Gasteiger partial charge in [-0.1, -0.05) is 23.2 Å². The molecular weight excluding hydrogens is 305 g/mol. The summed E-state index contributed by atoms with van der Waals surface area (Å²) in [6.45, 7) is 1.78. The predicted octanol–water partition coefficient (Wildman–Crippen LogP) is 1.85. The van der Waals surface area contributed by atoms with Crippen molar-refractivity contribution in [3.8, 4) is 0 Å². The molecule has 2 aliphatic rings. The van der Waals surface area contributed by atoms with E-state index < -0.39 is 10.8 Å². The Bertz CT molecular complexity index is 598. The Labute approximate surface area is 124 Å². The highest BCUT2D eigenvalue weighted by molar-refractivity contribution is 6.44. The van der Waals surface area contributed by atoms with E-state index >= 15 is 0 Å². The molecule has 1 aliphatic heterocycles. The molecule has 0 bridgehead atoms. The summed E-state index contributed by atoms with van der Waals surface area (Å²) in [7, 11) is 0. The number of carbonyl (C=O) groups is 1. The lowest BCUT2D eigenvalue weighted by Gasteiger charge is -2.09. The van der Waals surface area contributed by atoms with E-state index in [1.807, 2.05) is 0 Å². The average molecular weight is 316 g/mol. The molecule has 2 unspecified atom stereocenters. The van der Waals surface area contributed by atoms with Gasteiger partial charge in [-0.2, -0.15) is 0 Å². The smallest absolute Gasteiger partial charge is 0.271 e. The summed E-state index contributed by atoms with van der Waals surface area (Å²) in [5, 5.41) is 16.9. The molecule has 2 N–H and O–H groups in total. The van der Waals surface area contributed by atoms with Crippen LogP contribution in [0.2, 0.25) is 10.0 Å². The first-order chi connectivity index (χ1) is 9.49. The Hall–Kier alpha value is -1.37. The van der Waals surface area contributed by atoms with Crippen molar-refractivity contribution in [1.29, 1.82) is 0 Å². The summed E-state index contributed by atoms with van der Waals surface area (Å²) in [4.78, 5) is 22.4. The highest BCUT2D eigenvalue weighted by atomic mass is 35.5. The van der Waals surface area contributed by atoms with Gasteiger partial charge in [0.1, 0.15) is 0 Å². The zero-order valence-corrected chi connectivity index (χ0v) is 11.7. The molecule has 1 heterocycles. The van der Waals surface area contributed by atoms with E-state index in [1.54, 1.807) is 0 Å². The number of hydrogen-bond donors (Lipinski definition) is 2. The molecule has 2 atom stereocenters. The molecule has 106 valence electrons. The molecule has 20 heavy (non-hydrogen) atoms. The van der Waals surface area contributed by atoms with Crippen LogP contribution >= 0.6 is 23.2 Å². The average Bonchev–Trinajstić information content (AvgIpc) is 2.85. The van der Waals surface area contributed by atoms with E-state index in [2.05, 4.69) is 10.6 Å². The minimum atomic E-state index is -0.602. The van der Waals surface area contributed by atoms with Crippen LogP contribution in [-0.4, -0.2) is 30.0 Å². The number of benzene rings is 1. The number of rotatable bonds is 3. The van der Waals surface area contributed by atoms with E-state index in [9.17, 15) is 14.9 Å². The van der Waals surface area contributed by atoms with E-state index in [1.165, 1.54) is 0 Å². The summed E-state index contributed by atoms with van der Waals surface area (Å²) in [6, 6.07) is 2.41. The fourth-order valence-corrected chi connectivity index (χ4v) is 3.12. The fraction of sp³-hybridized carbons (Fsp3) is 0.417. The van der Waals surface area contributed by atoms with Crippen LogP contribution in [0.4, 0.5) is 5.69 Å². The highest BCUT2D eigenvalue weighted by Gasteiger charge is 2.53. The van der Waals surface area contributed by atoms with E-state index in [4.69, 9.17) is 23.2 Å². The van der Waals surface area contributed by atoms with Crippen LogP contribution in [0, 0.1) is 22.0 Å². The van der Waals surface area contributed by atoms with Crippen molar-refractivity contribution in [2.45, 2.75) is 6.04 Å². The molecular formula is C12H11Cl2N3O3. The monoisotopic (exact) mass is 315 g/mol. The van der Waals surface area contributed by atoms with Crippen LogP contribution in [0.3, 0.4) is 0 Å². The number of nitrogens with one attached hydrogen (secondary N) is 2. The van der Waals surface area contributed by atoms with Gasteiger partial charge in [0.05, 0.1) is 20.5 Å². The lowest BCUT2D eigenvalue weighted by Crippen LogP contribution is -2.32. The third-order valence-electron chi connectivity index (χ3n) is 3.86. The van der Waals surface area contributed by atoms with Crippen molar-refractivity contribution in [2.75, 3.05) is 13.1 Å². The Morgan fingerprint density at radius 2 is 2.00 bits per heavy atom. The maximum atomic E-state index is 12.2. The first-order valence-electron chi connectivity index (χ1n) is 6.14.